The van der Waals surface area contributed by atoms with Gasteiger partial charge in [0.25, 0.3) is 0 Å². The number of benzene rings is 2. The van der Waals surface area contributed by atoms with Crippen molar-refractivity contribution < 1.29 is 0 Å². The first-order chi connectivity index (χ1) is 19.6. The van der Waals surface area contributed by atoms with Crippen molar-refractivity contribution in [2.24, 2.45) is 0 Å². The molecule has 0 atom stereocenters. The second-order valence-corrected chi connectivity index (χ2v) is 30.2. The summed E-state index contributed by atoms with van der Waals surface area (Å²) in [5, 5.41) is 3.51. The van der Waals surface area contributed by atoms with Gasteiger partial charge in [0.05, 0.1) is 35.3 Å². The predicted molar refractivity (Wildman–Crippen MR) is 203 cm³/mol. The largest absolute Gasteiger partial charge is 0.143 e. The molecule has 2 aromatic carbocycles. The van der Waals surface area contributed by atoms with Gasteiger partial charge in [-0.1, -0.05) is 128 Å². The first-order valence-electron chi connectivity index (χ1n) is 14.9. The van der Waals surface area contributed by atoms with E-state index in [0.717, 1.165) is 0 Å². The van der Waals surface area contributed by atoms with Crippen LogP contribution in [0.15, 0.2) is 72.8 Å². The summed E-state index contributed by atoms with van der Waals surface area (Å²) < 4.78 is 6.22. The first kappa shape index (κ1) is 30.2. The Morgan fingerprint density at radius 3 is 1.10 bits per heavy atom. The molecule has 0 bridgehead atoms. The quantitative estimate of drug-likeness (QED) is 0.162. The highest BCUT2D eigenvalue weighted by molar-refractivity contribution is 7.39. The highest BCUT2D eigenvalue weighted by Gasteiger charge is 2.40. The normalized spacial score (nSPS) is 13.5. The molecule has 0 fully saturated rings. The van der Waals surface area contributed by atoms with E-state index in [4.69, 9.17) is 0 Å². The maximum atomic E-state index is 2.58. The maximum absolute atomic E-state index is 2.58. The van der Waals surface area contributed by atoms with Crippen LogP contribution in [0.3, 0.4) is 0 Å². The highest BCUT2D eigenvalue weighted by Crippen LogP contribution is 2.54. The minimum Gasteiger partial charge on any atom is -0.143 e. The van der Waals surface area contributed by atoms with Crippen LogP contribution in [-0.4, -0.2) is 16.1 Å². The summed E-state index contributed by atoms with van der Waals surface area (Å²) in [6.45, 7) is 24.9. The fraction of sp³-hybridized carbons (Fsp3) is 0.333. The average molecular weight is 659 g/mol. The molecule has 0 amide bonds. The number of fused-ring (bicyclic) bond motifs is 2. The van der Waals surface area contributed by atoms with Gasteiger partial charge in [0.15, 0.2) is 0 Å². The molecule has 4 aromatic heterocycles. The van der Waals surface area contributed by atoms with Gasteiger partial charge in [-0.3, -0.25) is 0 Å². The topological polar surface area (TPSA) is 0 Å². The fourth-order valence-corrected chi connectivity index (χ4v) is 17.1. The smallest absolute Gasteiger partial charge is 0.0987 e. The molecule has 0 unspecified atom stereocenters. The Labute approximate surface area is 270 Å². The molecule has 0 radical (unpaired) electrons. The van der Waals surface area contributed by atoms with Crippen molar-refractivity contribution >= 4 is 90.7 Å². The Hall–Kier alpha value is -1.81. The summed E-state index contributed by atoms with van der Waals surface area (Å²) in [5.74, 6) is 0. The van der Waals surface area contributed by atoms with Crippen molar-refractivity contribution in [1.29, 1.82) is 0 Å². The summed E-state index contributed by atoms with van der Waals surface area (Å²) in [7, 11) is -3.37. The van der Waals surface area contributed by atoms with Crippen LogP contribution in [0.1, 0.15) is 41.5 Å². The fourth-order valence-electron chi connectivity index (χ4n) is 5.13. The third-order valence-electron chi connectivity index (χ3n) is 10.0. The number of thiophene rings is 4. The monoisotopic (exact) mass is 658 g/mol. The Kier molecular flexibility index (Phi) is 7.48. The molecule has 42 heavy (non-hydrogen) atoms. The molecule has 6 rings (SSSR count). The minimum absolute atomic E-state index is 0.300. The zero-order valence-corrected chi connectivity index (χ0v) is 31.8. The predicted octanol–water partition coefficient (Wildman–Crippen LogP) is 12.7. The van der Waals surface area contributed by atoms with Crippen molar-refractivity contribution in [3.63, 3.8) is 0 Å². The molecule has 6 heteroatoms. The Bertz CT molecular complexity index is 1740. The van der Waals surface area contributed by atoms with E-state index in [2.05, 4.69) is 163 Å². The molecule has 0 saturated heterocycles. The number of hydrogen-bond acceptors (Lipinski definition) is 4. The van der Waals surface area contributed by atoms with E-state index < -0.39 is 16.1 Å². The van der Waals surface area contributed by atoms with Crippen LogP contribution in [-0.2, 0) is 0 Å². The van der Waals surface area contributed by atoms with Gasteiger partial charge in [0.1, 0.15) is 0 Å². The number of rotatable bonds is 5. The van der Waals surface area contributed by atoms with Gasteiger partial charge in [0.2, 0.25) is 0 Å². The lowest BCUT2D eigenvalue weighted by atomic mass is 10.1. The Balaban J connectivity index is 1.67. The zero-order chi connectivity index (χ0) is 30.2. The van der Waals surface area contributed by atoms with Crippen LogP contribution < -0.4 is 9.00 Å². The van der Waals surface area contributed by atoms with Crippen LogP contribution >= 0.6 is 45.3 Å². The van der Waals surface area contributed by atoms with Crippen LogP contribution in [0.25, 0.3) is 50.8 Å². The molecular weight excluding hydrogens is 617 g/mol. The average Bonchev–Trinajstić information content (AvgIpc) is 3.68. The second kappa shape index (κ2) is 10.4. The molecule has 0 aliphatic heterocycles. The van der Waals surface area contributed by atoms with Crippen LogP contribution in [0, 0.1) is 0 Å². The lowest BCUT2D eigenvalue weighted by Crippen LogP contribution is -2.47. The van der Waals surface area contributed by atoms with Crippen molar-refractivity contribution in [3.8, 4) is 30.6 Å². The lowest BCUT2D eigenvalue weighted by molar-refractivity contribution is 0.730. The molecule has 0 aliphatic rings. The molecule has 0 nitrogen and oxygen atoms in total. The Morgan fingerprint density at radius 2 is 0.786 bits per heavy atom. The summed E-state index contributed by atoms with van der Waals surface area (Å²) in [6.07, 6.45) is 0. The van der Waals surface area contributed by atoms with E-state index in [1.165, 1.54) is 50.8 Å². The first-order valence-corrected chi connectivity index (χ1v) is 24.1. The molecule has 0 spiro atoms. The van der Waals surface area contributed by atoms with Crippen molar-refractivity contribution in [1.82, 2.24) is 0 Å². The molecule has 0 aliphatic carbocycles. The minimum atomic E-state index is -1.68. The standard InChI is InChI=1S/C36H42S4Si2/c1-35(2,3)41(7,8)27-21-25-29(23-17-13-11-14-18-23)39-33(31(25)37-27)34-32-26(30(40-34)24-19-15-12-16-20-24)22-28(38-32)42(9,10)36(4,5)6/h11-22H,1-10H3. The molecule has 0 N–H and O–H groups in total. The third-order valence-corrected chi connectivity index (χ3v) is 28.8. The molecule has 6 aromatic rings. The van der Waals surface area contributed by atoms with E-state index in [1.807, 2.05) is 22.7 Å². The summed E-state index contributed by atoms with van der Waals surface area (Å²) >= 11 is 8.21. The van der Waals surface area contributed by atoms with Gasteiger partial charge in [-0.15, -0.1) is 45.3 Å². The van der Waals surface area contributed by atoms with Gasteiger partial charge in [-0.2, -0.15) is 0 Å². The SMILES string of the molecule is CC(C)(C)[Si](C)(C)c1cc2c(-c3ccccc3)sc(-c3sc(-c4ccccc4)c4cc([Si](C)(C)C(C)(C)C)sc34)c2s1. The second-order valence-electron chi connectivity index (χ2n) is 14.7. The van der Waals surface area contributed by atoms with Crippen molar-refractivity contribution in [3.05, 3.63) is 72.8 Å². The van der Waals surface area contributed by atoms with Gasteiger partial charge in [-0.25, -0.2) is 0 Å². The summed E-state index contributed by atoms with van der Waals surface area (Å²) in [5.41, 5.74) is 2.67. The highest BCUT2D eigenvalue weighted by atomic mass is 32.1. The third kappa shape index (κ3) is 4.87. The van der Waals surface area contributed by atoms with E-state index >= 15 is 0 Å². The summed E-state index contributed by atoms with van der Waals surface area (Å²) in [4.78, 5) is 5.79. The van der Waals surface area contributed by atoms with Crippen LogP contribution in [0.5, 0.6) is 0 Å². The van der Waals surface area contributed by atoms with Crippen LogP contribution in [0.4, 0.5) is 0 Å². The van der Waals surface area contributed by atoms with Gasteiger partial charge >= 0.3 is 0 Å². The van der Waals surface area contributed by atoms with E-state index in [-0.39, 0.29) is 0 Å². The van der Waals surface area contributed by atoms with Gasteiger partial charge < -0.3 is 0 Å². The summed E-state index contributed by atoms with van der Waals surface area (Å²) in [6, 6.07) is 27.3. The van der Waals surface area contributed by atoms with E-state index in [0.29, 0.717) is 10.1 Å². The molecule has 218 valence electrons. The molecular formula is C36H42S4Si2. The molecule has 0 saturated carbocycles. The van der Waals surface area contributed by atoms with E-state index in [9.17, 15) is 0 Å². The van der Waals surface area contributed by atoms with Crippen molar-refractivity contribution in [2.75, 3.05) is 0 Å². The maximum Gasteiger partial charge on any atom is 0.0987 e. The molecule has 4 heterocycles. The lowest BCUT2D eigenvalue weighted by Gasteiger charge is -2.36. The van der Waals surface area contributed by atoms with E-state index in [1.54, 1.807) is 9.00 Å². The van der Waals surface area contributed by atoms with Crippen molar-refractivity contribution in [2.45, 2.75) is 77.8 Å². The number of hydrogen-bond donors (Lipinski definition) is 0. The van der Waals surface area contributed by atoms with Crippen LogP contribution in [0.2, 0.25) is 36.3 Å². The zero-order valence-electron chi connectivity index (χ0n) is 26.6. The van der Waals surface area contributed by atoms with Gasteiger partial charge in [0, 0.05) is 20.5 Å². The van der Waals surface area contributed by atoms with Gasteiger partial charge in [-0.05, 0) is 42.3 Å². The Morgan fingerprint density at radius 1 is 0.452 bits per heavy atom.